The largest absolute Gasteiger partial charge is 0.348 e. The molecule has 1 aromatic heterocycles. The van der Waals surface area contributed by atoms with Gasteiger partial charge < -0.3 is 15.1 Å². The van der Waals surface area contributed by atoms with E-state index in [0.717, 1.165) is 0 Å². The van der Waals surface area contributed by atoms with Gasteiger partial charge in [-0.2, -0.15) is 0 Å². The zero-order valence-electron chi connectivity index (χ0n) is 11.7. The van der Waals surface area contributed by atoms with Crippen molar-refractivity contribution in [2.75, 3.05) is 20.1 Å². The van der Waals surface area contributed by atoms with E-state index in [1.165, 1.54) is 16.2 Å². The number of nitrogens with one attached hydrogen (secondary N) is 1. The molecule has 0 radical (unpaired) electrons. The fraction of sp³-hybridized carbons (Fsp3) is 0.500. The van der Waals surface area contributed by atoms with Crippen molar-refractivity contribution in [1.82, 2.24) is 15.1 Å². The summed E-state index contributed by atoms with van der Waals surface area (Å²) in [5.74, 6) is -0.152. The van der Waals surface area contributed by atoms with Crippen LogP contribution in [0.1, 0.15) is 22.5 Å². The second-order valence-electron chi connectivity index (χ2n) is 5.47. The highest BCUT2D eigenvalue weighted by Gasteiger charge is 2.42. The summed E-state index contributed by atoms with van der Waals surface area (Å²) in [5.41, 5.74) is 0. The molecule has 0 aliphatic carbocycles. The predicted molar refractivity (Wildman–Crippen MR) is 77.9 cm³/mol. The quantitative estimate of drug-likeness (QED) is 0.855. The number of hydrogen-bond donors (Lipinski definition) is 1. The van der Waals surface area contributed by atoms with Crippen LogP contribution in [0.3, 0.4) is 0 Å². The Hall–Kier alpha value is -1.89. The molecule has 2 aliphatic heterocycles. The Labute approximate surface area is 126 Å². The van der Waals surface area contributed by atoms with Crippen LogP contribution in [0.2, 0.25) is 0 Å². The molecule has 0 aromatic carbocycles. The van der Waals surface area contributed by atoms with E-state index < -0.39 is 6.04 Å². The molecular formula is C14H17N3O3S. The lowest BCUT2D eigenvalue weighted by Crippen LogP contribution is -2.63. The number of fused-ring (bicyclic) bond motifs is 1. The molecule has 3 heterocycles. The number of piperidine rings is 1. The summed E-state index contributed by atoms with van der Waals surface area (Å²) in [6.07, 6.45) is 1.18. The third-order valence-electron chi connectivity index (χ3n) is 4.04. The molecule has 2 saturated heterocycles. The molecular weight excluding hydrogens is 290 g/mol. The lowest BCUT2D eigenvalue weighted by atomic mass is 9.94. The lowest BCUT2D eigenvalue weighted by molar-refractivity contribution is -0.156. The van der Waals surface area contributed by atoms with Crippen LogP contribution in [0.25, 0.3) is 0 Å². The molecule has 112 valence electrons. The van der Waals surface area contributed by atoms with Gasteiger partial charge in [0, 0.05) is 19.6 Å². The van der Waals surface area contributed by atoms with Crippen molar-refractivity contribution in [3.8, 4) is 0 Å². The number of carbonyl (C=O) groups is 3. The summed E-state index contributed by atoms with van der Waals surface area (Å²) in [6, 6.07) is 3.11. The van der Waals surface area contributed by atoms with Crippen LogP contribution >= 0.6 is 11.3 Å². The molecule has 0 spiro atoms. The van der Waals surface area contributed by atoms with Crippen LogP contribution in [0.5, 0.6) is 0 Å². The third kappa shape index (κ3) is 2.65. The molecule has 2 atom stereocenters. The van der Waals surface area contributed by atoms with Crippen molar-refractivity contribution in [1.29, 1.82) is 0 Å². The highest BCUT2D eigenvalue weighted by molar-refractivity contribution is 7.12. The highest BCUT2D eigenvalue weighted by Crippen LogP contribution is 2.23. The topological polar surface area (TPSA) is 69.7 Å². The summed E-state index contributed by atoms with van der Waals surface area (Å²) in [6.45, 7) is 0.681. The predicted octanol–water partition coefficient (Wildman–Crippen LogP) is 0.310. The Morgan fingerprint density at radius 3 is 2.95 bits per heavy atom. The van der Waals surface area contributed by atoms with Gasteiger partial charge in [0.1, 0.15) is 6.04 Å². The Morgan fingerprint density at radius 1 is 1.43 bits per heavy atom. The van der Waals surface area contributed by atoms with Crippen LogP contribution < -0.4 is 5.32 Å². The number of likely N-dealkylation sites (N-methyl/N-ethyl adjacent to an activating group) is 1. The summed E-state index contributed by atoms with van der Waals surface area (Å²) in [7, 11) is 1.64. The van der Waals surface area contributed by atoms with E-state index in [9.17, 15) is 14.4 Å². The minimum Gasteiger partial charge on any atom is -0.348 e. The maximum Gasteiger partial charge on any atom is 0.261 e. The molecule has 6 nitrogen and oxygen atoms in total. The van der Waals surface area contributed by atoms with Crippen molar-refractivity contribution in [3.63, 3.8) is 0 Å². The Balaban J connectivity index is 1.67. The fourth-order valence-electron chi connectivity index (χ4n) is 2.92. The minimum atomic E-state index is -0.432. The number of amides is 3. The van der Waals surface area contributed by atoms with Gasteiger partial charge in [0.15, 0.2) is 0 Å². The number of carbonyl (C=O) groups excluding carboxylic acids is 3. The van der Waals surface area contributed by atoms with Gasteiger partial charge in [0.2, 0.25) is 11.8 Å². The molecule has 2 aliphatic rings. The van der Waals surface area contributed by atoms with Gasteiger partial charge in [-0.1, -0.05) is 6.07 Å². The molecule has 1 aromatic rings. The first-order chi connectivity index (χ1) is 10.1. The van der Waals surface area contributed by atoms with Crippen LogP contribution in [0.4, 0.5) is 0 Å². The third-order valence-corrected chi connectivity index (χ3v) is 4.91. The average molecular weight is 307 g/mol. The van der Waals surface area contributed by atoms with E-state index in [1.54, 1.807) is 18.0 Å². The van der Waals surface area contributed by atoms with E-state index in [2.05, 4.69) is 5.32 Å². The maximum absolute atomic E-state index is 12.2. The summed E-state index contributed by atoms with van der Waals surface area (Å²) >= 11 is 1.39. The molecule has 2 fully saturated rings. The van der Waals surface area contributed by atoms with E-state index in [0.29, 0.717) is 24.3 Å². The zero-order valence-corrected chi connectivity index (χ0v) is 12.6. The zero-order chi connectivity index (χ0) is 15.0. The Morgan fingerprint density at radius 2 is 2.24 bits per heavy atom. The second kappa shape index (κ2) is 5.48. The molecule has 3 amide bonds. The first kappa shape index (κ1) is 14.1. The van der Waals surface area contributed by atoms with Gasteiger partial charge in [-0.3, -0.25) is 14.4 Å². The van der Waals surface area contributed by atoms with Gasteiger partial charge in [0.25, 0.3) is 5.91 Å². The van der Waals surface area contributed by atoms with E-state index in [-0.39, 0.29) is 30.3 Å². The normalized spacial score (nSPS) is 25.8. The molecule has 1 N–H and O–H groups in total. The number of nitrogens with zero attached hydrogens (tertiary/aromatic N) is 2. The second-order valence-corrected chi connectivity index (χ2v) is 6.42. The Bertz CT molecular complexity index is 572. The number of rotatable bonds is 2. The summed E-state index contributed by atoms with van der Waals surface area (Å²) in [4.78, 5) is 40.0. The SMILES string of the molecule is CN1CC(=O)N2CC[C@H](NC(=O)c3cccs3)C[C@H]2C1=O. The monoisotopic (exact) mass is 307 g/mol. The van der Waals surface area contributed by atoms with E-state index in [4.69, 9.17) is 0 Å². The summed E-state index contributed by atoms with van der Waals surface area (Å²) < 4.78 is 0. The van der Waals surface area contributed by atoms with Crippen molar-refractivity contribution in [3.05, 3.63) is 22.4 Å². The average Bonchev–Trinajstić information content (AvgIpc) is 2.99. The van der Waals surface area contributed by atoms with Gasteiger partial charge in [-0.25, -0.2) is 0 Å². The minimum absolute atomic E-state index is 0.00914. The smallest absolute Gasteiger partial charge is 0.261 e. The molecule has 0 bridgehead atoms. The van der Waals surface area contributed by atoms with Crippen LogP contribution in [0, 0.1) is 0 Å². The van der Waals surface area contributed by atoms with Crippen molar-refractivity contribution in [2.24, 2.45) is 0 Å². The molecule has 0 saturated carbocycles. The first-order valence-electron chi connectivity index (χ1n) is 6.95. The maximum atomic E-state index is 12.2. The van der Waals surface area contributed by atoms with Crippen molar-refractivity contribution in [2.45, 2.75) is 24.9 Å². The van der Waals surface area contributed by atoms with E-state index in [1.807, 2.05) is 11.4 Å². The molecule has 0 unspecified atom stereocenters. The van der Waals surface area contributed by atoms with Gasteiger partial charge in [0.05, 0.1) is 11.4 Å². The van der Waals surface area contributed by atoms with Crippen molar-refractivity contribution >= 4 is 29.1 Å². The molecule has 21 heavy (non-hydrogen) atoms. The number of thiophene rings is 1. The van der Waals surface area contributed by atoms with Crippen LogP contribution in [0.15, 0.2) is 17.5 Å². The standard InChI is InChI=1S/C14H17N3O3S/c1-16-8-12(18)17-5-4-9(7-10(17)14(16)20)15-13(19)11-3-2-6-21-11/h2-3,6,9-10H,4-5,7-8H2,1H3,(H,15,19)/t9-,10-/m0/s1. The van der Waals surface area contributed by atoms with Gasteiger partial charge in [-0.05, 0) is 24.3 Å². The fourth-order valence-corrected chi connectivity index (χ4v) is 3.55. The van der Waals surface area contributed by atoms with Crippen LogP contribution in [-0.4, -0.2) is 59.7 Å². The lowest BCUT2D eigenvalue weighted by Gasteiger charge is -2.44. The first-order valence-corrected chi connectivity index (χ1v) is 7.83. The van der Waals surface area contributed by atoms with Crippen LogP contribution in [-0.2, 0) is 9.59 Å². The van der Waals surface area contributed by atoms with Crippen molar-refractivity contribution < 1.29 is 14.4 Å². The Kier molecular flexibility index (Phi) is 3.67. The molecule has 7 heteroatoms. The highest BCUT2D eigenvalue weighted by atomic mass is 32.1. The van der Waals surface area contributed by atoms with E-state index >= 15 is 0 Å². The number of piperazine rings is 1. The van der Waals surface area contributed by atoms with Gasteiger partial charge in [-0.15, -0.1) is 11.3 Å². The number of hydrogen-bond acceptors (Lipinski definition) is 4. The van der Waals surface area contributed by atoms with Gasteiger partial charge >= 0.3 is 0 Å². The molecule has 3 rings (SSSR count). The summed E-state index contributed by atoms with van der Waals surface area (Å²) in [5, 5.41) is 4.82.